The Kier molecular flexibility index (Phi) is 7.67. The number of rotatable bonds is 6. The number of hydrogen-bond acceptors (Lipinski definition) is 4. The lowest BCUT2D eigenvalue weighted by molar-refractivity contribution is -0.133. The summed E-state index contributed by atoms with van der Waals surface area (Å²) in [5.74, 6) is 0.224. The number of amides is 2. The van der Waals surface area contributed by atoms with Crippen molar-refractivity contribution >= 4 is 27.7 Å². The molecule has 6 nitrogen and oxygen atoms in total. The van der Waals surface area contributed by atoms with Crippen LogP contribution in [0.4, 0.5) is 0 Å². The topological polar surface area (TPSA) is 76.7 Å². The first-order valence-electron chi connectivity index (χ1n) is 9.31. The molecule has 0 spiro atoms. The molecule has 0 saturated heterocycles. The molecule has 2 amide bonds. The van der Waals surface area contributed by atoms with Crippen LogP contribution < -0.4 is 20.3 Å². The molecule has 1 unspecified atom stereocenters. The number of aryl methyl sites for hydroxylation is 1. The van der Waals surface area contributed by atoms with Gasteiger partial charge in [-0.1, -0.05) is 48.8 Å². The second kappa shape index (κ2) is 9.78. The van der Waals surface area contributed by atoms with E-state index in [1.54, 1.807) is 13.0 Å². The number of benzene rings is 2. The zero-order valence-electron chi connectivity index (χ0n) is 17.3. The van der Waals surface area contributed by atoms with Gasteiger partial charge in [-0.2, -0.15) is 0 Å². The van der Waals surface area contributed by atoms with E-state index in [9.17, 15) is 9.59 Å². The first-order chi connectivity index (χ1) is 13.6. The summed E-state index contributed by atoms with van der Waals surface area (Å²) >= 11 is 3.41. The quantitative estimate of drug-likeness (QED) is 0.634. The fourth-order valence-corrected chi connectivity index (χ4v) is 2.66. The van der Waals surface area contributed by atoms with E-state index in [0.29, 0.717) is 11.5 Å². The van der Waals surface area contributed by atoms with Crippen molar-refractivity contribution in [2.24, 2.45) is 0 Å². The summed E-state index contributed by atoms with van der Waals surface area (Å²) in [5, 5.41) is 0. The molecule has 156 valence electrons. The van der Waals surface area contributed by atoms with Gasteiger partial charge in [0.15, 0.2) is 12.7 Å². The molecule has 0 fully saturated rings. The molecular weight excluding hydrogens is 436 g/mol. The van der Waals surface area contributed by atoms with Crippen LogP contribution in [0.25, 0.3) is 0 Å². The molecule has 2 rings (SSSR count). The van der Waals surface area contributed by atoms with Gasteiger partial charge in [-0.05, 0) is 60.7 Å². The molecule has 0 bridgehead atoms. The van der Waals surface area contributed by atoms with Crippen LogP contribution in [0.1, 0.15) is 38.8 Å². The van der Waals surface area contributed by atoms with Crippen molar-refractivity contribution in [3.8, 4) is 11.5 Å². The van der Waals surface area contributed by atoms with E-state index in [4.69, 9.17) is 9.47 Å². The van der Waals surface area contributed by atoms with Crippen molar-refractivity contribution in [3.05, 3.63) is 58.1 Å². The van der Waals surface area contributed by atoms with E-state index in [1.807, 2.05) is 43.3 Å². The molecule has 1 atom stereocenters. The standard InChI is InChI=1S/C22H27BrN2O4/c1-14-12-18(10-11-19(14)23)28-13-20(26)24-25-21(27)15(2)29-17-8-6-16(7-9-17)22(3,4)5/h6-12,15H,13H2,1-5H3,(H,24,26)(H,25,27). The molecule has 0 aliphatic carbocycles. The number of halogens is 1. The molecule has 2 aromatic carbocycles. The van der Waals surface area contributed by atoms with E-state index < -0.39 is 17.9 Å². The summed E-state index contributed by atoms with van der Waals surface area (Å²) in [5.41, 5.74) is 6.88. The molecule has 0 aliphatic rings. The molecule has 0 radical (unpaired) electrons. The Balaban J connectivity index is 1.77. The maximum Gasteiger partial charge on any atom is 0.279 e. The van der Waals surface area contributed by atoms with Crippen molar-refractivity contribution in [1.29, 1.82) is 0 Å². The fourth-order valence-electron chi connectivity index (χ4n) is 2.42. The minimum Gasteiger partial charge on any atom is -0.484 e. The van der Waals surface area contributed by atoms with Gasteiger partial charge < -0.3 is 9.47 Å². The zero-order valence-corrected chi connectivity index (χ0v) is 18.9. The summed E-state index contributed by atoms with van der Waals surface area (Å²) in [6.07, 6.45) is -0.772. The maximum absolute atomic E-state index is 12.1. The van der Waals surface area contributed by atoms with E-state index in [1.165, 1.54) is 5.56 Å². The lowest BCUT2D eigenvalue weighted by atomic mass is 9.87. The average Bonchev–Trinajstić information content (AvgIpc) is 2.66. The molecule has 2 aromatic rings. The molecule has 0 aromatic heterocycles. The first-order valence-corrected chi connectivity index (χ1v) is 10.1. The van der Waals surface area contributed by atoms with Crippen molar-refractivity contribution in [3.63, 3.8) is 0 Å². The van der Waals surface area contributed by atoms with Crippen LogP contribution in [-0.2, 0) is 15.0 Å². The Morgan fingerprint density at radius 2 is 1.66 bits per heavy atom. The number of ether oxygens (including phenoxy) is 2. The third-order valence-electron chi connectivity index (χ3n) is 4.23. The van der Waals surface area contributed by atoms with Gasteiger partial charge >= 0.3 is 0 Å². The van der Waals surface area contributed by atoms with Crippen molar-refractivity contribution in [2.75, 3.05) is 6.61 Å². The van der Waals surface area contributed by atoms with Crippen LogP contribution in [0.15, 0.2) is 46.9 Å². The predicted molar refractivity (Wildman–Crippen MR) is 116 cm³/mol. The SMILES string of the molecule is Cc1cc(OCC(=O)NNC(=O)C(C)Oc2ccc(C(C)(C)C)cc2)ccc1Br. The van der Waals surface area contributed by atoms with Gasteiger partial charge in [0.1, 0.15) is 11.5 Å². The Morgan fingerprint density at radius 1 is 1.03 bits per heavy atom. The van der Waals surface area contributed by atoms with Gasteiger partial charge in [-0.15, -0.1) is 0 Å². The molecule has 0 heterocycles. The van der Waals surface area contributed by atoms with Crippen LogP contribution in [-0.4, -0.2) is 24.5 Å². The lowest BCUT2D eigenvalue weighted by Crippen LogP contribution is -2.48. The largest absolute Gasteiger partial charge is 0.484 e. The molecule has 2 N–H and O–H groups in total. The maximum atomic E-state index is 12.1. The smallest absolute Gasteiger partial charge is 0.279 e. The number of hydrogen-bond donors (Lipinski definition) is 2. The Morgan fingerprint density at radius 3 is 2.24 bits per heavy atom. The normalized spacial score (nSPS) is 12.1. The van der Waals surface area contributed by atoms with Crippen molar-refractivity contribution < 1.29 is 19.1 Å². The highest BCUT2D eigenvalue weighted by atomic mass is 79.9. The van der Waals surface area contributed by atoms with Gasteiger partial charge in [-0.25, -0.2) is 0 Å². The monoisotopic (exact) mass is 462 g/mol. The number of hydrazine groups is 1. The highest BCUT2D eigenvalue weighted by Gasteiger charge is 2.17. The fraction of sp³-hybridized carbons (Fsp3) is 0.364. The summed E-state index contributed by atoms with van der Waals surface area (Å²) in [6.45, 7) is 9.70. The predicted octanol–water partition coefficient (Wildman–Crippen LogP) is 4.05. The van der Waals surface area contributed by atoms with Crippen LogP contribution >= 0.6 is 15.9 Å². The van der Waals surface area contributed by atoms with Crippen LogP contribution in [0.5, 0.6) is 11.5 Å². The number of nitrogens with one attached hydrogen (secondary N) is 2. The summed E-state index contributed by atoms with van der Waals surface area (Å²) in [4.78, 5) is 24.0. The Hall–Kier alpha value is -2.54. The van der Waals surface area contributed by atoms with Gasteiger partial charge in [0.05, 0.1) is 0 Å². The summed E-state index contributed by atoms with van der Waals surface area (Å²) < 4.78 is 12.0. The van der Waals surface area contributed by atoms with Gasteiger partial charge in [0, 0.05) is 4.47 Å². The van der Waals surface area contributed by atoms with Crippen LogP contribution in [0.3, 0.4) is 0 Å². The van der Waals surface area contributed by atoms with Crippen LogP contribution in [0, 0.1) is 6.92 Å². The Labute approximate surface area is 180 Å². The van der Waals surface area contributed by atoms with Gasteiger partial charge in [0.2, 0.25) is 0 Å². The third kappa shape index (κ3) is 7.09. The van der Waals surface area contributed by atoms with Gasteiger partial charge in [-0.3, -0.25) is 20.4 Å². The number of carbonyl (C=O) groups is 2. The van der Waals surface area contributed by atoms with E-state index in [2.05, 4.69) is 47.6 Å². The van der Waals surface area contributed by atoms with E-state index in [-0.39, 0.29) is 12.0 Å². The van der Waals surface area contributed by atoms with Crippen LogP contribution in [0.2, 0.25) is 0 Å². The summed E-state index contributed by atoms with van der Waals surface area (Å²) in [7, 11) is 0. The second-order valence-corrected chi connectivity index (χ2v) is 8.63. The number of carbonyl (C=O) groups excluding carboxylic acids is 2. The first kappa shape index (κ1) is 22.7. The van der Waals surface area contributed by atoms with E-state index >= 15 is 0 Å². The molecule has 0 saturated carbocycles. The molecule has 7 heteroatoms. The average molecular weight is 463 g/mol. The molecule has 0 aliphatic heterocycles. The third-order valence-corrected chi connectivity index (χ3v) is 5.12. The highest BCUT2D eigenvalue weighted by Crippen LogP contribution is 2.24. The van der Waals surface area contributed by atoms with Crippen molar-refractivity contribution in [2.45, 2.75) is 46.1 Å². The van der Waals surface area contributed by atoms with Gasteiger partial charge in [0.25, 0.3) is 11.8 Å². The zero-order chi connectivity index (χ0) is 21.6. The minimum absolute atomic E-state index is 0.0445. The van der Waals surface area contributed by atoms with Crippen molar-refractivity contribution in [1.82, 2.24) is 10.9 Å². The molecule has 29 heavy (non-hydrogen) atoms. The molecular formula is C22H27BrN2O4. The van der Waals surface area contributed by atoms with E-state index in [0.717, 1.165) is 10.0 Å². The second-order valence-electron chi connectivity index (χ2n) is 7.77. The lowest BCUT2D eigenvalue weighted by Gasteiger charge is -2.20. The minimum atomic E-state index is -0.772. The Bertz CT molecular complexity index is 860. The highest BCUT2D eigenvalue weighted by molar-refractivity contribution is 9.10. The summed E-state index contributed by atoms with van der Waals surface area (Å²) in [6, 6.07) is 13.0.